The van der Waals surface area contributed by atoms with Crippen molar-refractivity contribution in [3.63, 3.8) is 0 Å². The lowest BCUT2D eigenvalue weighted by Crippen LogP contribution is -2.49. The summed E-state index contributed by atoms with van der Waals surface area (Å²) in [4.78, 5) is 39.6. The first kappa shape index (κ1) is 19.1. The normalized spacial score (nSPS) is 33.4. The molecule has 0 N–H and O–H groups in total. The summed E-state index contributed by atoms with van der Waals surface area (Å²) in [6.45, 7) is -0.760. The molecule has 9 heteroatoms. The van der Waals surface area contributed by atoms with Gasteiger partial charge in [0.15, 0.2) is 0 Å². The second-order valence-electron chi connectivity index (χ2n) is 8.33. The van der Waals surface area contributed by atoms with Crippen LogP contribution >= 0.6 is 0 Å². The first-order valence-electron chi connectivity index (χ1n) is 9.78. The van der Waals surface area contributed by atoms with Gasteiger partial charge in [0.05, 0.1) is 18.9 Å². The molecule has 6 rings (SSSR count). The van der Waals surface area contributed by atoms with Crippen LogP contribution in [0.4, 0.5) is 18.9 Å². The number of benzene rings is 1. The van der Waals surface area contributed by atoms with Gasteiger partial charge in [-0.25, -0.2) is 0 Å². The number of methoxy groups -OCH3 is 1. The van der Waals surface area contributed by atoms with Crippen molar-refractivity contribution < 1.29 is 32.3 Å². The Morgan fingerprint density at radius 3 is 2.07 bits per heavy atom. The molecule has 1 saturated heterocycles. The van der Waals surface area contributed by atoms with Gasteiger partial charge in [-0.15, -0.1) is 0 Å². The molecule has 6 nitrogen and oxygen atoms in total. The zero-order valence-electron chi connectivity index (χ0n) is 16.0. The molecule has 1 heterocycles. The van der Waals surface area contributed by atoms with E-state index in [0.29, 0.717) is 22.5 Å². The predicted octanol–water partition coefficient (Wildman–Crippen LogP) is 2.60. The molecular weight excluding hydrogens is 401 g/mol. The minimum atomic E-state index is -5.15. The fraction of sp³-hybridized carbons (Fsp3) is 0.476. The van der Waals surface area contributed by atoms with E-state index >= 15 is 0 Å². The van der Waals surface area contributed by atoms with Crippen molar-refractivity contribution in [2.75, 3.05) is 18.7 Å². The number of hydrogen-bond donors (Lipinski definition) is 0. The first-order valence-corrected chi connectivity index (χ1v) is 9.78. The molecule has 158 valence electrons. The summed E-state index contributed by atoms with van der Waals surface area (Å²) in [5.41, 5.74) is -0.0717. The molecule has 1 aromatic carbocycles. The SMILES string of the molecule is COc1ccc(N(CN2C(=O)[C@H]3[C@@H]4C=C[C@H]([C@@H]5C[C@H]45)[C@@H]3C2=O)C(=O)C(F)(F)F)cc1. The van der Waals surface area contributed by atoms with E-state index in [1.165, 1.54) is 31.4 Å². The van der Waals surface area contributed by atoms with E-state index in [1.807, 2.05) is 12.2 Å². The number of halogens is 3. The van der Waals surface area contributed by atoms with Gasteiger partial charge < -0.3 is 4.74 Å². The molecule has 2 bridgehead atoms. The number of anilines is 1. The molecule has 4 aliphatic carbocycles. The van der Waals surface area contributed by atoms with Crippen molar-refractivity contribution in [3.8, 4) is 5.75 Å². The lowest BCUT2D eigenvalue weighted by Gasteiger charge is -2.37. The Morgan fingerprint density at radius 2 is 1.60 bits per heavy atom. The summed E-state index contributed by atoms with van der Waals surface area (Å²) in [6.07, 6.45) is -0.200. The van der Waals surface area contributed by atoms with E-state index in [1.54, 1.807) is 0 Å². The second-order valence-corrected chi connectivity index (χ2v) is 8.33. The maximum absolute atomic E-state index is 13.3. The number of ether oxygens (including phenoxy) is 1. The van der Waals surface area contributed by atoms with Crippen molar-refractivity contribution in [1.29, 1.82) is 0 Å². The Bertz CT molecular complexity index is 922. The lowest BCUT2D eigenvalue weighted by molar-refractivity contribution is -0.171. The van der Waals surface area contributed by atoms with Crippen molar-refractivity contribution in [2.45, 2.75) is 12.6 Å². The van der Waals surface area contributed by atoms with Gasteiger partial charge in [0.2, 0.25) is 11.8 Å². The highest BCUT2D eigenvalue weighted by Crippen LogP contribution is 2.65. The van der Waals surface area contributed by atoms with Gasteiger partial charge in [-0.3, -0.25) is 24.2 Å². The summed E-state index contributed by atoms with van der Waals surface area (Å²) in [5, 5.41) is 0. The topological polar surface area (TPSA) is 66.9 Å². The van der Waals surface area contributed by atoms with E-state index in [-0.39, 0.29) is 17.5 Å². The zero-order valence-corrected chi connectivity index (χ0v) is 16.0. The predicted molar refractivity (Wildman–Crippen MR) is 98.0 cm³/mol. The molecule has 1 aliphatic heterocycles. The molecule has 0 radical (unpaired) electrons. The average Bonchev–Trinajstić information content (AvgIpc) is 3.51. The Kier molecular flexibility index (Phi) is 4.04. The highest BCUT2D eigenvalue weighted by atomic mass is 19.4. The van der Waals surface area contributed by atoms with Crippen LogP contribution in [-0.2, 0) is 14.4 Å². The number of amides is 3. The summed E-state index contributed by atoms with van der Waals surface area (Å²) in [6, 6.07) is 5.41. The van der Waals surface area contributed by atoms with Gasteiger partial charge in [0, 0.05) is 5.69 Å². The van der Waals surface area contributed by atoms with Gasteiger partial charge >= 0.3 is 12.1 Å². The number of carbonyl (C=O) groups is 3. The van der Waals surface area contributed by atoms with Crippen LogP contribution < -0.4 is 9.64 Å². The van der Waals surface area contributed by atoms with Crippen molar-refractivity contribution in [1.82, 2.24) is 4.90 Å². The molecule has 6 atom stereocenters. The zero-order chi connectivity index (χ0) is 21.4. The fourth-order valence-electron chi connectivity index (χ4n) is 5.48. The molecule has 0 spiro atoms. The third-order valence-corrected chi connectivity index (χ3v) is 6.91. The Balaban J connectivity index is 1.45. The van der Waals surface area contributed by atoms with Gasteiger partial charge in [0.25, 0.3) is 0 Å². The van der Waals surface area contributed by atoms with E-state index in [4.69, 9.17) is 4.74 Å². The molecule has 30 heavy (non-hydrogen) atoms. The Labute approximate surface area is 170 Å². The second kappa shape index (κ2) is 6.33. The highest BCUT2D eigenvalue weighted by Gasteiger charge is 2.67. The van der Waals surface area contributed by atoms with Crippen LogP contribution in [0.3, 0.4) is 0 Å². The lowest BCUT2D eigenvalue weighted by atomic mass is 9.63. The number of imide groups is 1. The minimum absolute atomic E-state index is 0.0424. The van der Waals surface area contributed by atoms with E-state index < -0.39 is 42.4 Å². The summed E-state index contributed by atoms with van der Waals surface area (Å²) in [7, 11) is 1.41. The quantitative estimate of drug-likeness (QED) is 0.555. The molecule has 0 aromatic heterocycles. The van der Waals surface area contributed by atoms with Gasteiger partial charge in [-0.1, -0.05) is 12.2 Å². The summed E-state index contributed by atoms with van der Waals surface area (Å²) < 4.78 is 44.8. The van der Waals surface area contributed by atoms with Gasteiger partial charge in [0.1, 0.15) is 12.4 Å². The number of allylic oxidation sites excluding steroid dienone is 2. The molecule has 5 aliphatic rings. The average molecular weight is 420 g/mol. The van der Waals surface area contributed by atoms with Crippen LogP contribution in [0.2, 0.25) is 0 Å². The fourth-order valence-corrected chi connectivity index (χ4v) is 5.48. The van der Waals surface area contributed by atoms with Crippen LogP contribution in [0.1, 0.15) is 6.42 Å². The van der Waals surface area contributed by atoms with Crippen LogP contribution in [0.25, 0.3) is 0 Å². The van der Waals surface area contributed by atoms with Crippen molar-refractivity contribution in [2.24, 2.45) is 35.5 Å². The molecule has 1 aromatic rings. The van der Waals surface area contributed by atoms with Crippen LogP contribution in [0.5, 0.6) is 5.75 Å². The van der Waals surface area contributed by atoms with Gasteiger partial charge in [-0.2, -0.15) is 13.2 Å². The van der Waals surface area contributed by atoms with Gasteiger partial charge in [-0.05, 0) is 54.4 Å². The van der Waals surface area contributed by atoms with Crippen molar-refractivity contribution in [3.05, 3.63) is 36.4 Å². The van der Waals surface area contributed by atoms with Crippen LogP contribution in [0.15, 0.2) is 36.4 Å². The Hall–Kier alpha value is -2.84. The molecule has 3 fully saturated rings. The minimum Gasteiger partial charge on any atom is -0.497 e. The van der Waals surface area contributed by atoms with Crippen LogP contribution in [-0.4, -0.2) is 42.6 Å². The number of rotatable bonds is 4. The van der Waals surface area contributed by atoms with E-state index in [2.05, 4.69) is 0 Å². The largest absolute Gasteiger partial charge is 0.497 e. The van der Waals surface area contributed by atoms with E-state index in [9.17, 15) is 27.6 Å². The maximum atomic E-state index is 13.3. The highest BCUT2D eigenvalue weighted by molar-refractivity contribution is 6.07. The first-order chi connectivity index (χ1) is 14.2. The van der Waals surface area contributed by atoms with Crippen LogP contribution in [0, 0.1) is 35.5 Å². The standard InChI is InChI=1S/C21H19F3N2O4/c1-30-11-4-2-10(3-5-11)25(20(29)21(22,23)24)9-26-18(27)16-12-6-7-13(15-8-14(12)15)17(16)19(26)28/h2-7,12-17H,8-9H2,1H3/t12-,13-,14-,15+,16+,17+/m1/s1. The number of alkyl halides is 3. The number of carbonyl (C=O) groups excluding carboxylic acids is 3. The number of likely N-dealkylation sites (tertiary alicyclic amines) is 1. The third kappa shape index (κ3) is 2.67. The third-order valence-electron chi connectivity index (χ3n) is 6.91. The summed E-state index contributed by atoms with van der Waals surface area (Å²) in [5.74, 6) is -3.08. The maximum Gasteiger partial charge on any atom is 0.471 e. The number of hydrogen-bond acceptors (Lipinski definition) is 4. The summed E-state index contributed by atoms with van der Waals surface area (Å²) >= 11 is 0. The molecular formula is C21H19F3N2O4. The molecule has 3 amide bonds. The van der Waals surface area contributed by atoms with Crippen molar-refractivity contribution >= 4 is 23.4 Å². The van der Waals surface area contributed by atoms with E-state index in [0.717, 1.165) is 11.3 Å². The number of nitrogens with zero attached hydrogens (tertiary/aromatic N) is 2. The molecule has 2 saturated carbocycles. The Morgan fingerprint density at radius 1 is 1.07 bits per heavy atom. The smallest absolute Gasteiger partial charge is 0.471 e. The molecule has 0 unspecified atom stereocenters. The monoisotopic (exact) mass is 420 g/mol.